The molecule has 0 saturated carbocycles. The van der Waals surface area contributed by atoms with Crippen LogP contribution < -0.4 is 5.32 Å². The molecule has 1 N–H and O–H groups in total. The highest BCUT2D eigenvalue weighted by molar-refractivity contribution is 6.05. The van der Waals surface area contributed by atoms with Gasteiger partial charge in [0.1, 0.15) is 5.82 Å². The summed E-state index contributed by atoms with van der Waals surface area (Å²) in [5.74, 6) is -1.36. The first-order chi connectivity index (χ1) is 12.0. The van der Waals surface area contributed by atoms with Crippen LogP contribution >= 0.6 is 0 Å². The fourth-order valence-corrected chi connectivity index (χ4v) is 2.37. The summed E-state index contributed by atoms with van der Waals surface area (Å²) in [7, 11) is 0. The summed E-state index contributed by atoms with van der Waals surface area (Å²) in [5.41, 5.74) is 1.02. The summed E-state index contributed by atoms with van der Waals surface area (Å²) in [6.07, 6.45) is 1.37. The molecule has 126 valence electrons. The molecule has 1 heterocycles. The van der Waals surface area contributed by atoms with Crippen molar-refractivity contribution < 1.29 is 14.1 Å². The molecule has 0 radical (unpaired) electrons. The monoisotopic (exact) mass is 340 g/mol. The average Bonchev–Trinajstić information content (AvgIpc) is 2.99. The van der Waals surface area contributed by atoms with E-state index >= 15 is 0 Å². The van der Waals surface area contributed by atoms with Gasteiger partial charge in [0.2, 0.25) is 0 Å². The zero-order valence-corrected chi connectivity index (χ0v) is 13.1. The SMILES string of the molecule is Cc1c(C(=O)Nc2cc([N+](=O)[O-])ccc2F)cnn1-c1ccccc1. The number of nitrogens with one attached hydrogen (secondary N) is 1. The number of benzene rings is 2. The molecule has 0 aliphatic rings. The summed E-state index contributed by atoms with van der Waals surface area (Å²) >= 11 is 0. The number of carbonyl (C=O) groups is 1. The van der Waals surface area contributed by atoms with Crippen LogP contribution in [0.2, 0.25) is 0 Å². The summed E-state index contributed by atoms with van der Waals surface area (Å²) in [6.45, 7) is 1.71. The summed E-state index contributed by atoms with van der Waals surface area (Å²) in [4.78, 5) is 22.5. The second kappa shape index (κ2) is 6.52. The van der Waals surface area contributed by atoms with Crippen molar-refractivity contribution in [1.82, 2.24) is 9.78 Å². The number of rotatable bonds is 4. The van der Waals surface area contributed by atoms with Crippen molar-refractivity contribution in [1.29, 1.82) is 0 Å². The predicted octanol–water partition coefficient (Wildman–Crippen LogP) is 3.48. The number of nitro groups is 1. The first-order valence-corrected chi connectivity index (χ1v) is 7.32. The number of anilines is 1. The first-order valence-electron chi connectivity index (χ1n) is 7.32. The third kappa shape index (κ3) is 3.23. The van der Waals surface area contributed by atoms with Gasteiger partial charge in [-0.15, -0.1) is 0 Å². The van der Waals surface area contributed by atoms with Gasteiger partial charge >= 0.3 is 0 Å². The molecule has 8 heteroatoms. The number of para-hydroxylation sites is 1. The minimum atomic E-state index is -0.757. The molecule has 0 saturated heterocycles. The molecule has 1 aromatic heterocycles. The van der Waals surface area contributed by atoms with Crippen molar-refractivity contribution in [2.75, 3.05) is 5.32 Å². The third-order valence-electron chi connectivity index (χ3n) is 3.66. The largest absolute Gasteiger partial charge is 0.319 e. The molecule has 0 fully saturated rings. The Morgan fingerprint density at radius 1 is 1.24 bits per heavy atom. The Balaban J connectivity index is 1.89. The molecule has 0 spiro atoms. The van der Waals surface area contributed by atoms with Crippen LogP contribution in [-0.2, 0) is 0 Å². The Morgan fingerprint density at radius 2 is 1.96 bits per heavy atom. The lowest BCUT2D eigenvalue weighted by Crippen LogP contribution is -2.14. The van der Waals surface area contributed by atoms with Crippen LogP contribution in [0.15, 0.2) is 54.7 Å². The molecule has 1 amide bonds. The van der Waals surface area contributed by atoms with Crippen LogP contribution in [0.5, 0.6) is 0 Å². The van der Waals surface area contributed by atoms with E-state index in [0.717, 1.165) is 23.9 Å². The van der Waals surface area contributed by atoms with Crippen LogP contribution in [0.3, 0.4) is 0 Å². The van der Waals surface area contributed by atoms with Crippen LogP contribution in [0.1, 0.15) is 16.1 Å². The summed E-state index contributed by atoms with van der Waals surface area (Å²) < 4.78 is 15.4. The Labute approximate surface area is 141 Å². The molecule has 7 nitrogen and oxygen atoms in total. The molecular weight excluding hydrogens is 327 g/mol. The molecule has 0 atom stereocenters. The number of non-ortho nitro benzene ring substituents is 1. The molecule has 2 aromatic carbocycles. The van der Waals surface area contributed by atoms with Gasteiger partial charge in [-0.1, -0.05) is 18.2 Å². The standard InChI is InChI=1S/C17H13FN4O3/c1-11-14(10-19-21(11)12-5-3-2-4-6-12)17(23)20-16-9-13(22(24)25)7-8-15(16)18/h2-10H,1H3,(H,20,23). The van der Waals surface area contributed by atoms with Crippen LogP contribution in [0.25, 0.3) is 5.69 Å². The van der Waals surface area contributed by atoms with Crippen LogP contribution in [0.4, 0.5) is 15.8 Å². The number of amides is 1. The second-order valence-electron chi connectivity index (χ2n) is 5.27. The summed E-state index contributed by atoms with van der Waals surface area (Å²) in [6, 6.07) is 12.2. The van der Waals surface area contributed by atoms with Gasteiger partial charge in [-0.3, -0.25) is 14.9 Å². The number of nitrogens with zero attached hydrogens (tertiary/aromatic N) is 3. The number of aromatic nitrogens is 2. The first kappa shape index (κ1) is 16.3. The Bertz CT molecular complexity index is 954. The Kier molecular flexibility index (Phi) is 4.25. The van der Waals surface area contributed by atoms with Crippen molar-refractivity contribution >= 4 is 17.3 Å². The van der Waals surface area contributed by atoms with E-state index in [0.29, 0.717) is 5.69 Å². The molecule has 0 unspecified atom stereocenters. The Hall–Kier alpha value is -3.55. The zero-order valence-electron chi connectivity index (χ0n) is 13.1. The van der Waals surface area contributed by atoms with Gasteiger partial charge < -0.3 is 5.32 Å². The number of nitro benzene ring substituents is 1. The van der Waals surface area contributed by atoms with Crippen molar-refractivity contribution in [2.45, 2.75) is 6.92 Å². The van der Waals surface area contributed by atoms with Gasteiger partial charge in [-0.05, 0) is 25.1 Å². The maximum Gasteiger partial charge on any atom is 0.271 e. The van der Waals surface area contributed by atoms with E-state index in [-0.39, 0.29) is 16.9 Å². The number of hydrogen-bond acceptors (Lipinski definition) is 4. The van der Waals surface area contributed by atoms with Crippen LogP contribution in [0, 0.1) is 22.9 Å². The Morgan fingerprint density at radius 3 is 2.64 bits per heavy atom. The third-order valence-corrected chi connectivity index (χ3v) is 3.66. The molecule has 25 heavy (non-hydrogen) atoms. The van der Waals surface area contributed by atoms with Gasteiger partial charge in [0.25, 0.3) is 11.6 Å². The average molecular weight is 340 g/mol. The molecule has 0 aliphatic carbocycles. The zero-order chi connectivity index (χ0) is 18.0. The predicted molar refractivity (Wildman–Crippen MR) is 89.3 cm³/mol. The highest BCUT2D eigenvalue weighted by atomic mass is 19.1. The topological polar surface area (TPSA) is 90.1 Å². The van der Waals surface area contributed by atoms with Crippen molar-refractivity contribution in [3.63, 3.8) is 0 Å². The smallest absolute Gasteiger partial charge is 0.271 e. The normalized spacial score (nSPS) is 10.5. The molecule has 3 rings (SSSR count). The molecule has 3 aromatic rings. The lowest BCUT2D eigenvalue weighted by molar-refractivity contribution is -0.384. The number of carbonyl (C=O) groups excluding carboxylic acids is 1. The van der Waals surface area contributed by atoms with Crippen molar-refractivity contribution in [3.8, 4) is 5.69 Å². The van der Waals surface area contributed by atoms with Gasteiger partial charge in [0.05, 0.1) is 33.8 Å². The van der Waals surface area contributed by atoms with E-state index in [2.05, 4.69) is 10.4 Å². The lowest BCUT2D eigenvalue weighted by atomic mass is 10.2. The molecule has 0 bridgehead atoms. The number of halogens is 1. The van der Waals surface area contributed by atoms with Crippen molar-refractivity contribution in [2.24, 2.45) is 0 Å². The maximum atomic E-state index is 13.8. The van der Waals surface area contributed by atoms with E-state index in [1.54, 1.807) is 11.6 Å². The lowest BCUT2D eigenvalue weighted by Gasteiger charge is -2.07. The van der Waals surface area contributed by atoms with Gasteiger partial charge in [-0.2, -0.15) is 5.10 Å². The summed E-state index contributed by atoms with van der Waals surface area (Å²) in [5, 5.41) is 17.3. The highest BCUT2D eigenvalue weighted by Crippen LogP contribution is 2.22. The fraction of sp³-hybridized carbons (Fsp3) is 0.0588. The van der Waals surface area contributed by atoms with E-state index < -0.39 is 16.6 Å². The van der Waals surface area contributed by atoms with Crippen LogP contribution in [-0.4, -0.2) is 20.6 Å². The number of hydrogen-bond donors (Lipinski definition) is 1. The quantitative estimate of drug-likeness (QED) is 0.581. The van der Waals surface area contributed by atoms with Gasteiger partial charge in [0, 0.05) is 12.1 Å². The van der Waals surface area contributed by atoms with Crippen molar-refractivity contribution in [3.05, 3.63) is 81.9 Å². The van der Waals surface area contributed by atoms with E-state index in [1.165, 1.54) is 6.20 Å². The van der Waals surface area contributed by atoms with Gasteiger partial charge in [-0.25, -0.2) is 9.07 Å². The minimum Gasteiger partial charge on any atom is -0.319 e. The maximum absolute atomic E-state index is 13.8. The van der Waals surface area contributed by atoms with E-state index in [1.807, 2.05) is 30.3 Å². The minimum absolute atomic E-state index is 0.245. The highest BCUT2D eigenvalue weighted by Gasteiger charge is 2.18. The van der Waals surface area contributed by atoms with E-state index in [9.17, 15) is 19.3 Å². The van der Waals surface area contributed by atoms with E-state index in [4.69, 9.17) is 0 Å². The van der Waals surface area contributed by atoms with Gasteiger partial charge in [0.15, 0.2) is 0 Å². The fourth-order valence-electron chi connectivity index (χ4n) is 2.37. The second-order valence-corrected chi connectivity index (χ2v) is 5.27. The molecule has 0 aliphatic heterocycles. The molecular formula is C17H13FN4O3.